The van der Waals surface area contributed by atoms with Crippen LogP contribution in [-0.2, 0) is 0 Å². The van der Waals surface area contributed by atoms with Crippen LogP contribution < -0.4 is 19.8 Å². The van der Waals surface area contributed by atoms with Gasteiger partial charge in [-0.25, -0.2) is 0 Å². The van der Waals surface area contributed by atoms with Gasteiger partial charge in [-0.3, -0.25) is 14.5 Å². The van der Waals surface area contributed by atoms with Crippen molar-refractivity contribution in [2.75, 3.05) is 18.6 Å². The number of carbonyl (C=O) groups excluding carboxylic acids is 1. The van der Waals surface area contributed by atoms with Crippen LogP contribution in [0.2, 0.25) is 5.02 Å². The van der Waals surface area contributed by atoms with Crippen LogP contribution in [0.3, 0.4) is 0 Å². The fraction of sp³-hybridized carbons (Fsp3) is 0.241. The van der Waals surface area contributed by atoms with Gasteiger partial charge in [-0.1, -0.05) is 53.5 Å². The molecule has 6 nitrogen and oxygen atoms in total. The third kappa shape index (κ3) is 4.74. The molecule has 0 N–H and O–H groups in total. The van der Waals surface area contributed by atoms with E-state index in [0.717, 1.165) is 16.5 Å². The van der Waals surface area contributed by atoms with E-state index >= 15 is 0 Å². The molecule has 1 aromatic heterocycles. The van der Waals surface area contributed by atoms with E-state index in [-0.39, 0.29) is 16.8 Å². The van der Waals surface area contributed by atoms with Crippen molar-refractivity contribution in [1.29, 1.82) is 0 Å². The van der Waals surface area contributed by atoms with E-state index in [0.29, 0.717) is 45.7 Å². The quantitative estimate of drug-likeness (QED) is 0.227. The minimum absolute atomic E-state index is 0.0166. The fourth-order valence-corrected chi connectivity index (χ4v) is 5.13. The summed E-state index contributed by atoms with van der Waals surface area (Å²) in [5.41, 5.74) is 1.61. The lowest BCUT2D eigenvalue weighted by Gasteiger charge is -2.26. The van der Waals surface area contributed by atoms with Crippen LogP contribution in [0.4, 0.5) is 5.69 Å². The number of carbonyl (C=O) groups is 1. The molecule has 1 atom stereocenters. The normalized spacial score (nSPS) is 14.9. The van der Waals surface area contributed by atoms with Crippen LogP contribution in [0.25, 0.3) is 11.0 Å². The molecule has 3 aromatic carbocycles. The summed E-state index contributed by atoms with van der Waals surface area (Å²) in [4.78, 5) is 29.2. The van der Waals surface area contributed by atoms with E-state index in [1.54, 1.807) is 41.3 Å². The summed E-state index contributed by atoms with van der Waals surface area (Å²) >= 11 is 9.86. The van der Waals surface area contributed by atoms with Gasteiger partial charge < -0.3 is 13.9 Å². The lowest BCUT2D eigenvalue weighted by molar-refractivity contribution is 0.0971. The topological polar surface area (TPSA) is 69.0 Å². The molecule has 0 saturated heterocycles. The number of amides is 1. The van der Waals surface area contributed by atoms with Crippen LogP contribution >= 0.6 is 27.5 Å². The maximum Gasteiger partial charge on any atom is 0.295 e. The van der Waals surface area contributed by atoms with E-state index in [4.69, 9.17) is 25.5 Å². The number of fused-ring (bicyclic) bond motifs is 2. The summed E-state index contributed by atoms with van der Waals surface area (Å²) in [5.74, 6) is 1.25. The maximum atomic E-state index is 13.8. The second kappa shape index (κ2) is 10.2. The molecule has 1 aliphatic heterocycles. The summed E-state index contributed by atoms with van der Waals surface area (Å²) in [7, 11) is 1.53. The first-order chi connectivity index (χ1) is 17.8. The Labute approximate surface area is 227 Å². The second-order valence-corrected chi connectivity index (χ2v) is 10.6. The third-order valence-corrected chi connectivity index (χ3v) is 7.17. The lowest BCUT2D eigenvalue weighted by atomic mass is 9.98. The molecule has 37 heavy (non-hydrogen) atoms. The number of ether oxygens (including phenoxy) is 2. The van der Waals surface area contributed by atoms with Crippen molar-refractivity contribution in [3.63, 3.8) is 0 Å². The minimum atomic E-state index is -0.736. The van der Waals surface area contributed by atoms with Gasteiger partial charge in [-0.2, -0.15) is 0 Å². The van der Waals surface area contributed by atoms with Crippen molar-refractivity contribution in [3.05, 3.63) is 97.3 Å². The van der Waals surface area contributed by atoms with Crippen molar-refractivity contribution in [2.24, 2.45) is 5.92 Å². The summed E-state index contributed by atoms with van der Waals surface area (Å²) < 4.78 is 18.1. The fourth-order valence-electron chi connectivity index (χ4n) is 4.52. The van der Waals surface area contributed by atoms with Crippen LogP contribution in [-0.4, -0.2) is 19.6 Å². The predicted molar refractivity (Wildman–Crippen MR) is 148 cm³/mol. The van der Waals surface area contributed by atoms with E-state index in [1.165, 1.54) is 7.11 Å². The Hall–Kier alpha value is -3.29. The zero-order valence-corrected chi connectivity index (χ0v) is 22.9. The molecule has 1 unspecified atom stereocenters. The standard InChI is InChI=1S/C29H25BrClNO5/c1-16(2)11-12-36-20-6-4-5-17(13-20)26-25-27(33)21-14-18(30)7-9-23(21)37-28(25)29(34)32(26)19-8-10-24(35-3)22(31)15-19/h4-10,13-16,26H,11-12H2,1-3H3. The molecule has 0 fully saturated rings. The van der Waals surface area contributed by atoms with Gasteiger partial charge in [0.25, 0.3) is 5.91 Å². The van der Waals surface area contributed by atoms with Gasteiger partial charge in [0.2, 0.25) is 5.76 Å². The lowest BCUT2D eigenvalue weighted by Crippen LogP contribution is -2.29. The highest BCUT2D eigenvalue weighted by Gasteiger charge is 2.44. The second-order valence-electron chi connectivity index (χ2n) is 9.31. The van der Waals surface area contributed by atoms with Gasteiger partial charge in [0.15, 0.2) is 5.43 Å². The number of rotatable bonds is 7. The largest absolute Gasteiger partial charge is 0.495 e. The van der Waals surface area contributed by atoms with Crippen LogP contribution in [0.15, 0.2) is 74.3 Å². The number of benzene rings is 3. The summed E-state index contributed by atoms with van der Waals surface area (Å²) in [6.07, 6.45) is 0.913. The summed E-state index contributed by atoms with van der Waals surface area (Å²) in [5, 5.41) is 0.742. The molecule has 0 bridgehead atoms. The van der Waals surface area contributed by atoms with Gasteiger partial charge in [0, 0.05) is 10.2 Å². The van der Waals surface area contributed by atoms with E-state index < -0.39 is 11.9 Å². The molecular weight excluding hydrogens is 558 g/mol. The molecule has 1 amide bonds. The monoisotopic (exact) mass is 581 g/mol. The average molecular weight is 583 g/mol. The first-order valence-electron chi connectivity index (χ1n) is 11.9. The number of anilines is 1. The van der Waals surface area contributed by atoms with Crippen molar-refractivity contribution in [3.8, 4) is 11.5 Å². The number of methoxy groups -OCH3 is 1. The SMILES string of the molecule is COc1ccc(N2C(=O)c3oc4ccc(Br)cc4c(=O)c3C2c2cccc(OCCC(C)C)c2)cc1Cl. The van der Waals surface area contributed by atoms with Crippen LogP contribution in [0.1, 0.15) is 48.0 Å². The van der Waals surface area contributed by atoms with Crippen molar-refractivity contribution in [1.82, 2.24) is 0 Å². The van der Waals surface area contributed by atoms with Gasteiger partial charge in [0.1, 0.15) is 17.1 Å². The van der Waals surface area contributed by atoms with E-state index in [9.17, 15) is 9.59 Å². The maximum absolute atomic E-state index is 13.8. The van der Waals surface area contributed by atoms with Crippen molar-refractivity contribution < 1.29 is 18.7 Å². The molecular formula is C29H25BrClNO5. The molecule has 190 valence electrons. The first kappa shape index (κ1) is 25.4. The molecule has 0 saturated carbocycles. The Morgan fingerprint density at radius 2 is 1.89 bits per heavy atom. The van der Waals surface area contributed by atoms with E-state index in [1.807, 2.05) is 24.3 Å². The molecule has 4 aromatic rings. The Morgan fingerprint density at radius 1 is 1.08 bits per heavy atom. The smallest absolute Gasteiger partial charge is 0.295 e. The van der Waals surface area contributed by atoms with Gasteiger partial charge >= 0.3 is 0 Å². The van der Waals surface area contributed by atoms with Crippen LogP contribution in [0, 0.1) is 5.92 Å². The molecule has 8 heteroatoms. The van der Waals surface area contributed by atoms with E-state index in [2.05, 4.69) is 29.8 Å². The van der Waals surface area contributed by atoms with Gasteiger partial charge in [0.05, 0.1) is 35.7 Å². The van der Waals surface area contributed by atoms with Crippen molar-refractivity contribution >= 4 is 50.1 Å². The molecule has 0 aliphatic carbocycles. The Morgan fingerprint density at radius 3 is 2.62 bits per heavy atom. The number of hydrogen-bond acceptors (Lipinski definition) is 5. The predicted octanol–water partition coefficient (Wildman–Crippen LogP) is 7.39. The highest BCUT2D eigenvalue weighted by Crippen LogP contribution is 2.43. The Balaban J connectivity index is 1.69. The van der Waals surface area contributed by atoms with Gasteiger partial charge in [-0.05, 0) is 66.4 Å². The highest BCUT2D eigenvalue weighted by molar-refractivity contribution is 9.10. The summed E-state index contributed by atoms with van der Waals surface area (Å²) in [6, 6.07) is 17.0. The first-order valence-corrected chi connectivity index (χ1v) is 13.1. The molecule has 0 spiro atoms. The summed E-state index contributed by atoms with van der Waals surface area (Å²) in [6.45, 7) is 4.85. The molecule has 5 rings (SSSR count). The number of hydrogen-bond donors (Lipinski definition) is 0. The highest BCUT2D eigenvalue weighted by atomic mass is 79.9. The van der Waals surface area contributed by atoms with Crippen LogP contribution in [0.5, 0.6) is 11.5 Å². The Bertz CT molecular complexity index is 1560. The minimum Gasteiger partial charge on any atom is -0.495 e. The number of halogens is 2. The molecule has 0 radical (unpaired) electrons. The van der Waals surface area contributed by atoms with Gasteiger partial charge in [-0.15, -0.1) is 0 Å². The molecule has 1 aliphatic rings. The number of nitrogens with zero attached hydrogens (tertiary/aromatic N) is 1. The van der Waals surface area contributed by atoms with Crippen molar-refractivity contribution in [2.45, 2.75) is 26.3 Å². The average Bonchev–Trinajstić information content (AvgIpc) is 3.17. The third-order valence-electron chi connectivity index (χ3n) is 6.38. The zero-order chi connectivity index (χ0) is 26.3. The Kier molecular flexibility index (Phi) is 7.01. The zero-order valence-electron chi connectivity index (χ0n) is 20.6. The molecule has 2 heterocycles.